The van der Waals surface area contributed by atoms with Crippen LogP contribution >= 0.6 is 0 Å². The molecule has 1 rings (SSSR count). The van der Waals surface area contributed by atoms with Crippen LogP contribution in [0.2, 0.25) is 0 Å². The SMILES string of the molecule is CC1CC(C)[N-]CC[N-]C(C)CC(C)[N-]C=C[N-]1.[Au+]. The van der Waals surface area contributed by atoms with E-state index in [0.29, 0.717) is 24.2 Å². The fourth-order valence-electron chi connectivity index (χ4n) is 2.19. The van der Waals surface area contributed by atoms with E-state index >= 15 is 0 Å². The topological polar surface area (TPSA) is 56.4 Å². The fourth-order valence-corrected chi connectivity index (χ4v) is 2.19. The van der Waals surface area contributed by atoms with Gasteiger partial charge >= 0.3 is 22.4 Å². The van der Waals surface area contributed by atoms with Gasteiger partial charge in [-0.05, 0) is 0 Å². The average molecular weight is 447 g/mol. The maximum absolute atomic E-state index is 4.61. The molecule has 0 bridgehead atoms. The van der Waals surface area contributed by atoms with Crippen molar-refractivity contribution in [3.05, 3.63) is 33.7 Å². The Kier molecular flexibility index (Phi) is 10.7. The van der Waals surface area contributed by atoms with Gasteiger partial charge in [0.05, 0.1) is 0 Å². The van der Waals surface area contributed by atoms with Crippen molar-refractivity contribution < 1.29 is 22.4 Å². The number of hydrogen-bond acceptors (Lipinski definition) is 0. The molecule has 0 radical (unpaired) electrons. The van der Waals surface area contributed by atoms with E-state index in [1.54, 1.807) is 0 Å². The van der Waals surface area contributed by atoms with Crippen molar-refractivity contribution in [1.29, 1.82) is 0 Å². The van der Waals surface area contributed by atoms with Gasteiger partial charge in [0.2, 0.25) is 0 Å². The molecule has 0 fully saturated rings. The summed E-state index contributed by atoms with van der Waals surface area (Å²) in [5.74, 6) is 0. The Morgan fingerprint density at radius 3 is 1.42 bits per heavy atom. The van der Waals surface area contributed by atoms with E-state index < -0.39 is 0 Å². The fraction of sp³-hybridized carbons (Fsp3) is 0.857. The molecule has 0 saturated carbocycles. The van der Waals surface area contributed by atoms with Crippen molar-refractivity contribution in [2.75, 3.05) is 13.1 Å². The molecule has 4 unspecified atom stereocenters. The molecule has 1 heterocycles. The Morgan fingerprint density at radius 2 is 1.05 bits per heavy atom. The third-order valence-corrected chi connectivity index (χ3v) is 3.09. The van der Waals surface area contributed by atoms with Gasteiger partial charge in [0.25, 0.3) is 0 Å². The van der Waals surface area contributed by atoms with Gasteiger partial charge in [0.1, 0.15) is 0 Å². The first-order valence-electron chi connectivity index (χ1n) is 6.96. The van der Waals surface area contributed by atoms with E-state index in [0.717, 1.165) is 25.9 Å². The van der Waals surface area contributed by atoms with E-state index in [1.807, 2.05) is 12.4 Å². The van der Waals surface area contributed by atoms with Gasteiger partial charge in [-0.3, -0.25) is 0 Å². The number of nitrogens with zero attached hydrogens (tertiary/aromatic N) is 4. The molecule has 0 spiro atoms. The molecule has 0 saturated heterocycles. The minimum absolute atomic E-state index is 0. The first-order chi connectivity index (χ1) is 8.58. The van der Waals surface area contributed by atoms with E-state index in [4.69, 9.17) is 0 Å². The quantitative estimate of drug-likeness (QED) is 0.498. The molecule has 5 heteroatoms. The third kappa shape index (κ3) is 9.52. The minimum atomic E-state index is 0. The first kappa shape index (κ1) is 19.0. The molecule has 4 nitrogen and oxygen atoms in total. The van der Waals surface area contributed by atoms with Crippen molar-refractivity contribution in [2.45, 2.75) is 64.7 Å². The third-order valence-electron chi connectivity index (χ3n) is 3.09. The van der Waals surface area contributed by atoms with Crippen molar-refractivity contribution in [3.8, 4) is 0 Å². The molecule has 116 valence electrons. The smallest absolute Gasteiger partial charge is 0.690 e. The van der Waals surface area contributed by atoms with Crippen molar-refractivity contribution in [1.82, 2.24) is 0 Å². The summed E-state index contributed by atoms with van der Waals surface area (Å²) in [6.45, 7) is 10.2. The van der Waals surface area contributed by atoms with Crippen LogP contribution in [0.5, 0.6) is 0 Å². The zero-order valence-corrected chi connectivity index (χ0v) is 14.5. The van der Waals surface area contributed by atoms with Crippen LogP contribution in [0.15, 0.2) is 12.4 Å². The van der Waals surface area contributed by atoms with Gasteiger partial charge in [0, 0.05) is 0 Å². The van der Waals surface area contributed by atoms with Gasteiger partial charge in [-0.15, -0.1) is 24.2 Å². The van der Waals surface area contributed by atoms with Crippen molar-refractivity contribution >= 4 is 0 Å². The van der Waals surface area contributed by atoms with E-state index in [1.165, 1.54) is 0 Å². The standard InChI is InChI=1S/C14H26N4.Au/c1-11-9-12(2)16-7-8-18-14(4)10-13(3)17-6-5-15-11;/h5-6,11-14H,7-10H2,1-4H3;/q-4;+1. The Hall–Kier alpha value is 0.000260. The summed E-state index contributed by atoms with van der Waals surface area (Å²) in [4.78, 5) is 0. The molecule has 0 N–H and O–H groups in total. The van der Waals surface area contributed by atoms with Crippen LogP contribution in [0.3, 0.4) is 0 Å². The Bertz CT molecular complexity index is 224. The molecular formula is C14H26AuN4-3. The van der Waals surface area contributed by atoms with Gasteiger partial charge < -0.3 is 21.3 Å². The second-order valence-electron chi connectivity index (χ2n) is 5.28. The predicted octanol–water partition coefficient (Wildman–Crippen LogP) is 4.30. The molecule has 0 aliphatic carbocycles. The van der Waals surface area contributed by atoms with Crippen LogP contribution < -0.4 is 0 Å². The molecule has 0 aromatic rings. The summed E-state index contributed by atoms with van der Waals surface area (Å²) in [6, 6.07) is 1.34. The maximum atomic E-state index is 4.61. The summed E-state index contributed by atoms with van der Waals surface area (Å²) in [7, 11) is 0. The summed E-state index contributed by atoms with van der Waals surface area (Å²) < 4.78 is 0. The van der Waals surface area contributed by atoms with E-state index in [9.17, 15) is 0 Å². The molecule has 0 aromatic heterocycles. The Morgan fingerprint density at radius 1 is 0.684 bits per heavy atom. The van der Waals surface area contributed by atoms with Gasteiger partial charge in [-0.2, -0.15) is 13.1 Å². The molecule has 1 aliphatic rings. The summed E-state index contributed by atoms with van der Waals surface area (Å²) in [6.07, 6.45) is 5.63. The van der Waals surface area contributed by atoms with Crippen LogP contribution in [-0.2, 0) is 22.4 Å². The summed E-state index contributed by atoms with van der Waals surface area (Å²) in [5.41, 5.74) is 0. The van der Waals surface area contributed by atoms with E-state index in [2.05, 4.69) is 49.0 Å². The van der Waals surface area contributed by atoms with Crippen LogP contribution in [0.25, 0.3) is 21.3 Å². The van der Waals surface area contributed by atoms with Gasteiger partial charge in [-0.25, -0.2) is 12.4 Å². The monoisotopic (exact) mass is 447 g/mol. The van der Waals surface area contributed by atoms with Crippen LogP contribution in [0.1, 0.15) is 40.5 Å². The average Bonchev–Trinajstić information content (AvgIpc) is 2.29. The normalized spacial score (nSPS) is 34.3. The number of hydrogen-bond donors (Lipinski definition) is 0. The largest absolute Gasteiger partial charge is 1.00 e. The molecule has 0 amide bonds. The van der Waals surface area contributed by atoms with Crippen LogP contribution in [0, 0.1) is 0 Å². The summed E-state index contributed by atoms with van der Waals surface area (Å²) in [5, 5.41) is 18.1. The molecule has 0 aromatic carbocycles. The minimum Gasteiger partial charge on any atom is -0.690 e. The van der Waals surface area contributed by atoms with E-state index in [-0.39, 0.29) is 22.4 Å². The first-order valence-corrected chi connectivity index (χ1v) is 6.96. The Labute approximate surface area is 134 Å². The Balaban J connectivity index is 0.00000324. The molecule has 19 heavy (non-hydrogen) atoms. The zero-order chi connectivity index (χ0) is 13.4. The van der Waals surface area contributed by atoms with Crippen molar-refractivity contribution in [3.63, 3.8) is 0 Å². The number of rotatable bonds is 0. The molecule has 1 aliphatic heterocycles. The van der Waals surface area contributed by atoms with Crippen LogP contribution in [0.4, 0.5) is 0 Å². The maximum Gasteiger partial charge on any atom is 1.00 e. The summed E-state index contributed by atoms with van der Waals surface area (Å²) >= 11 is 0. The predicted molar refractivity (Wildman–Crippen MR) is 79.4 cm³/mol. The molecular weight excluding hydrogens is 421 g/mol. The van der Waals surface area contributed by atoms with Gasteiger partial charge in [0.15, 0.2) is 0 Å². The second-order valence-corrected chi connectivity index (χ2v) is 5.28. The van der Waals surface area contributed by atoms with Crippen molar-refractivity contribution in [2.24, 2.45) is 0 Å². The zero-order valence-electron chi connectivity index (χ0n) is 12.4. The second kappa shape index (κ2) is 10.7. The van der Waals surface area contributed by atoms with Crippen LogP contribution in [-0.4, -0.2) is 37.3 Å². The van der Waals surface area contributed by atoms with Gasteiger partial charge in [-0.1, -0.05) is 40.5 Å². The molecule has 4 atom stereocenters.